The Morgan fingerprint density at radius 1 is 1.15 bits per heavy atom. The van der Waals surface area contributed by atoms with Gasteiger partial charge in [0, 0.05) is 5.56 Å². The molecule has 0 fully saturated rings. The summed E-state index contributed by atoms with van der Waals surface area (Å²) in [6, 6.07) is 9.05. The Kier molecular flexibility index (Phi) is 7.20. The van der Waals surface area contributed by atoms with Crippen LogP contribution in [0.3, 0.4) is 0 Å². The Bertz CT molecular complexity index is 852. The van der Waals surface area contributed by atoms with Gasteiger partial charge < -0.3 is 19.9 Å². The minimum absolute atomic E-state index is 0.0582. The van der Waals surface area contributed by atoms with Gasteiger partial charge in [-0.05, 0) is 31.5 Å². The van der Waals surface area contributed by atoms with Crippen LogP contribution < -0.4 is 10.5 Å². The molecule has 1 aromatic carbocycles. The van der Waals surface area contributed by atoms with Crippen LogP contribution in [0.1, 0.15) is 40.2 Å². The van der Waals surface area contributed by atoms with Gasteiger partial charge in [-0.15, -0.1) is 11.3 Å². The molecule has 0 bridgehead atoms. The summed E-state index contributed by atoms with van der Waals surface area (Å²) >= 11 is 0.951. The van der Waals surface area contributed by atoms with Crippen molar-refractivity contribution in [3.8, 4) is 11.8 Å². The molecular formula is C19H20N2O5S. The van der Waals surface area contributed by atoms with E-state index in [1.165, 1.54) is 0 Å². The summed E-state index contributed by atoms with van der Waals surface area (Å²) in [6.07, 6.45) is 0.0582. The lowest BCUT2D eigenvalue weighted by atomic mass is 10.1. The van der Waals surface area contributed by atoms with Crippen molar-refractivity contribution in [2.24, 2.45) is 0 Å². The minimum Gasteiger partial charge on any atom is -0.494 e. The van der Waals surface area contributed by atoms with Crippen molar-refractivity contribution >= 4 is 28.3 Å². The number of nitrogen functional groups attached to an aromatic ring is 1. The number of anilines is 1. The van der Waals surface area contributed by atoms with Gasteiger partial charge in [-0.1, -0.05) is 12.1 Å². The molecule has 0 aliphatic heterocycles. The molecule has 0 amide bonds. The average molecular weight is 388 g/mol. The van der Waals surface area contributed by atoms with Crippen LogP contribution in [0, 0.1) is 11.3 Å². The van der Waals surface area contributed by atoms with E-state index in [0.29, 0.717) is 6.61 Å². The van der Waals surface area contributed by atoms with Crippen molar-refractivity contribution in [3.63, 3.8) is 0 Å². The predicted octanol–water partition coefficient (Wildman–Crippen LogP) is 3.06. The highest BCUT2D eigenvalue weighted by molar-refractivity contribution is 7.18. The zero-order valence-corrected chi connectivity index (χ0v) is 15.9. The first-order chi connectivity index (χ1) is 13.0. The lowest BCUT2D eigenvalue weighted by Gasteiger charge is -2.08. The molecule has 0 atom stereocenters. The Morgan fingerprint density at radius 2 is 1.85 bits per heavy atom. The van der Waals surface area contributed by atoms with Crippen molar-refractivity contribution in [1.82, 2.24) is 0 Å². The van der Waals surface area contributed by atoms with Crippen LogP contribution in [0.15, 0.2) is 24.3 Å². The molecule has 0 saturated heterocycles. The van der Waals surface area contributed by atoms with E-state index < -0.39 is 11.9 Å². The molecule has 0 radical (unpaired) electrons. The van der Waals surface area contributed by atoms with Gasteiger partial charge in [0.25, 0.3) is 0 Å². The van der Waals surface area contributed by atoms with E-state index in [1.54, 1.807) is 31.2 Å². The Labute approximate surface area is 161 Å². The van der Waals surface area contributed by atoms with E-state index >= 15 is 0 Å². The van der Waals surface area contributed by atoms with Gasteiger partial charge in [0.15, 0.2) is 0 Å². The second-order valence-electron chi connectivity index (χ2n) is 5.40. The van der Waals surface area contributed by atoms with Crippen molar-refractivity contribution in [1.29, 1.82) is 5.26 Å². The number of carbonyl (C=O) groups is 2. The van der Waals surface area contributed by atoms with Gasteiger partial charge in [-0.2, -0.15) is 5.26 Å². The van der Waals surface area contributed by atoms with Gasteiger partial charge in [0.2, 0.25) is 0 Å². The lowest BCUT2D eigenvalue weighted by molar-refractivity contribution is -0.144. The predicted molar refractivity (Wildman–Crippen MR) is 101 cm³/mol. The highest BCUT2D eigenvalue weighted by Crippen LogP contribution is 2.32. The highest BCUT2D eigenvalue weighted by Gasteiger charge is 2.23. The fourth-order valence-electron chi connectivity index (χ4n) is 2.35. The first kappa shape index (κ1) is 20.3. The van der Waals surface area contributed by atoms with E-state index in [0.717, 1.165) is 22.6 Å². The quantitative estimate of drug-likeness (QED) is 0.692. The molecule has 8 heteroatoms. The minimum atomic E-state index is -0.590. The number of benzene rings is 1. The van der Waals surface area contributed by atoms with Crippen LogP contribution in [0.2, 0.25) is 0 Å². The molecule has 0 spiro atoms. The Balaban J connectivity index is 2.06. The fourth-order valence-corrected chi connectivity index (χ4v) is 3.26. The second-order valence-corrected chi connectivity index (χ2v) is 6.45. The summed E-state index contributed by atoms with van der Waals surface area (Å²) < 4.78 is 15.6. The molecule has 0 saturated carbocycles. The van der Waals surface area contributed by atoms with Crippen molar-refractivity contribution in [2.45, 2.75) is 26.9 Å². The molecule has 142 valence electrons. The first-order valence-corrected chi connectivity index (χ1v) is 9.17. The summed E-state index contributed by atoms with van der Waals surface area (Å²) in [6.45, 7) is 4.10. The van der Waals surface area contributed by atoms with Crippen molar-refractivity contribution in [3.05, 3.63) is 45.8 Å². The molecule has 0 aliphatic rings. The van der Waals surface area contributed by atoms with Crippen molar-refractivity contribution in [2.75, 3.05) is 18.9 Å². The number of nitrogens with zero attached hydrogens (tertiary/aromatic N) is 1. The topological polar surface area (TPSA) is 112 Å². The SMILES string of the molecule is CCOC(=O)c1sc(N)c(C#N)c1COC(=O)Cc1ccc(OCC)cc1. The number of hydrogen-bond donors (Lipinski definition) is 1. The molecule has 0 unspecified atom stereocenters. The van der Waals surface area contributed by atoms with Gasteiger partial charge in [-0.3, -0.25) is 4.79 Å². The van der Waals surface area contributed by atoms with E-state index in [1.807, 2.05) is 13.0 Å². The molecule has 2 rings (SSSR count). The Morgan fingerprint density at radius 3 is 2.44 bits per heavy atom. The standard InChI is InChI=1S/C19H20N2O5S/c1-3-24-13-7-5-12(6-8-13)9-16(22)26-11-15-14(10-20)18(21)27-17(15)19(23)25-4-2/h5-8H,3-4,9,11,21H2,1-2H3. The van der Waals surface area contributed by atoms with Gasteiger partial charge in [0.1, 0.15) is 28.3 Å². The van der Waals surface area contributed by atoms with Crippen molar-refractivity contribution < 1.29 is 23.8 Å². The highest BCUT2D eigenvalue weighted by atomic mass is 32.1. The zero-order chi connectivity index (χ0) is 19.8. The summed E-state index contributed by atoms with van der Waals surface area (Å²) in [7, 11) is 0. The van der Waals surface area contributed by atoms with Crippen LogP contribution in [0.4, 0.5) is 5.00 Å². The van der Waals surface area contributed by atoms with Crippen LogP contribution >= 0.6 is 11.3 Å². The maximum Gasteiger partial charge on any atom is 0.348 e. The molecule has 27 heavy (non-hydrogen) atoms. The number of thiophene rings is 1. The third kappa shape index (κ3) is 5.21. The summed E-state index contributed by atoms with van der Waals surface area (Å²) in [4.78, 5) is 24.3. The Hall–Kier alpha value is -3.05. The smallest absolute Gasteiger partial charge is 0.348 e. The third-order valence-electron chi connectivity index (χ3n) is 3.57. The van der Waals surface area contributed by atoms with E-state index in [-0.39, 0.29) is 40.6 Å². The number of hydrogen-bond acceptors (Lipinski definition) is 8. The molecule has 2 N–H and O–H groups in total. The van der Waals surface area contributed by atoms with Crippen LogP contribution in [0.25, 0.3) is 0 Å². The lowest BCUT2D eigenvalue weighted by Crippen LogP contribution is -2.11. The summed E-state index contributed by atoms with van der Waals surface area (Å²) in [5, 5.41) is 9.46. The normalized spacial score (nSPS) is 10.1. The number of nitriles is 1. The molecular weight excluding hydrogens is 368 g/mol. The van der Waals surface area contributed by atoms with E-state index in [4.69, 9.17) is 19.9 Å². The largest absolute Gasteiger partial charge is 0.494 e. The number of carbonyl (C=O) groups excluding carboxylic acids is 2. The zero-order valence-electron chi connectivity index (χ0n) is 15.1. The van der Waals surface area contributed by atoms with Crippen LogP contribution in [-0.2, 0) is 27.3 Å². The first-order valence-electron chi connectivity index (χ1n) is 8.35. The molecule has 1 aromatic heterocycles. The van der Waals surface area contributed by atoms with Gasteiger partial charge in [-0.25, -0.2) is 4.79 Å². The number of esters is 2. The average Bonchev–Trinajstić information content (AvgIpc) is 2.97. The van der Waals surface area contributed by atoms with Crippen LogP contribution in [-0.4, -0.2) is 25.2 Å². The van der Waals surface area contributed by atoms with Crippen LogP contribution in [0.5, 0.6) is 5.75 Å². The third-order valence-corrected chi connectivity index (χ3v) is 4.61. The summed E-state index contributed by atoms with van der Waals surface area (Å²) in [5.41, 5.74) is 6.97. The monoisotopic (exact) mass is 388 g/mol. The second kappa shape index (κ2) is 9.59. The molecule has 1 heterocycles. The maximum atomic E-state index is 12.1. The van der Waals surface area contributed by atoms with Gasteiger partial charge in [0.05, 0.1) is 25.2 Å². The number of ether oxygens (including phenoxy) is 3. The number of nitrogens with two attached hydrogens (primary N) is 1. The fraction of sp³-hybridized carbons (Fsp3) is 0.316. The molecule has 2 aromatic rings. The van der Waals surface area contributed by atoms with Gasteiger partial charge >= 0.3 is 11.9 Å². The van der Waals surface area contributed by atoms with E-state index in [2.05, 4.69) is 0 Å². The molecule has 7 nitrogen and oxygen atoms in total. The van der Waals surface area contributed by atoms with E-state index in [9.17, 15) is 14.9 Å². The number of rotatable bonds is 8. The maximum absolute atomic E-state index is 12.1. The molecule has 0 aliphatic carbocycles. The summed E-state index contributed by atoms with van der Waals surface area (Å²) in [5.74, 6) is -0.350.